The second kappa shape index (κ2) is 2.32. The van der Waals surface area contributed by atoms with Gasteiger partial charge < -0.3 is 4.74 Å². The Bertz CT molecular complexity index is 354. The summed E-state index contributed by atoms with van der Waals surface area (Å²) < 4.78 is 5.31. The molecule has 1 spiro atoms. The van der Waals surface area contributed by atoms with Crippen LogP contribution in [-0.2, 0) is 9.53 Å². The molecule has 0 N–H and O–H groups in total. The lowest BCUT2D eigenvalue weighted by atomic mass is 9.80. The summed E-state index contributed by atoms with van der Waals surface area (Å²) in [6, 6.07) is 0. The second-order valence-corrected chi connectivity index (χ2v) is 3.94. The number of ether oxygens (including phenoxy) is 1. The number of allylic oxidation sites excluding steroid dienone is 2. The summed E-state index contributed by atoms with van der Waals surface area (Å²) in [6.45, 7) is 8.51. The molecule has 0 amide bonds. The number of rotatable bonds is 0. The molecule has 2 aliphatic rings. The van der Waals surface area contributed by atoms with E-state index in [9.17, 15) is 4.79 Å². The van der Waals surface area contributed by atoms with Crippen LogP contribution in [0, 0.1) is 0 Å². The normalized spacial score (nSPS) is 33.4. The van der Waals surface area contributed by atoms with Gasteiger partial charge in [0.25, 0.3) is 0 Å². The first-order valence-electron chi connectivity index (χ1n) is 4.55. The molecule has 0 bridgehead atoms. The summed E-state index contributed by atoms with van der Waals surface area (Å²) >= 11 is 0. The molecule has 1 aliphatic carbocycles. The lowest BCUT2D eigenvalue weighted by Gasteiger charge is -2.23. The quantitative estimate of drug-likeness (QED) is 0.531. The van der Waals surface area contributed by atoms with Gasteiger partial charge in [-0.05, 0) is 50.0 Å². The van der Waals surface area contributed by atoms with E-state index in [0.717, 1.165) is 16.7 Å². The predicted molar refractivity (Wildman–Crippen MR) is 50.4 cm³/mol. The van der Waals surface area contributed by atoms with Gasteiger partial charge in [0, 0.05) is 0 Å². The monoisotopic (exact) mass is 178 g/mol. The Kier molecular flexibility index (Phi) is 1.55. The molecule has 0 aromatic carbocycles. The van der Waals surface area contributed by atoms with Gasteiger partial charge in [-0.3, -0.25) is 4.79 Å². The summed E-state index contributed by atoms with van der Waals surface area (Å²) in [5.41, 5.74) is 3.74. The minimum absolute atomic E-state index is 0.160. The molecular weight excluding hydrogens is 164 g/mol. The smallest absolute Gasteiger partial charge is 0.197 e. The molecule has 70 valence electrons. The molecule has 13 heavy (non-hydrogen) atoms. The molecule has 1 unspecified atom stereocenters. The molecule has 1 fully saturated rings. The van der Waals surface area contributed by atoms with Crippen LogP contribution in [0.2, 0.25) is 0 Å². The van der Waals surface area contributed by atoms with Crippen molar-refractivity contribution >= 4 is 5.78 Å². The van der Waals surface area contributed by atoms with Crippen LogP contribution in [0.1, 0.15) is 27.7 Å². The summed E-state index contributed by atoms with van der Waals surface area (Å²) in [4.78, 5) is 11.9. The Morgan fingerprint density at radius 1 is 1.08 bits per heavy atom. The molecule has 2 heteroatoms. The number of Topliss-reactive ketones (excluding diaryl/α,β-unsaturated/α-hetero) is 1. The van der Waals surface area contributed by atoms with E-state index in [1.807, 2.05) is 20.8 Å². The third kappa shape index (κ3) is 0.894. The zero-order valence-corrected chi connectivity index (χ0v) is 8.52. The molecule has 1 saturated heterocycles. The molecule has 1 heterocycles. The molecule has 1 atom stereocenters. The van der Waals surface area contributed by atoms with Crippen LogP contribution in [-0.4, -0.2) is 18.0 Å². The standard InChI is InChI=1S/C11H14O2/c1-6-7(2)9(4)11(5-13-11)10(12)8(6)3/h5H2,1-4H3. The fraction of sp³-hybridized carbons (Fsp3) is 0.545. The second-order valence-electron chi connectivity index (χ2n) is 3.94. The zero-order chi connectivity index (χ0) is 9.80. The third-order valence-electron chi connectivity index (χ3n) is 3.43. The molecule has 1 aliphatic heterocycles. The van der Waals surface area contributed by atoms with E-state index in [4.69, 9.17) is 4.74 Å². The topological polar surface area (TPSA) is 29.6 Å². The molecule has 2 nitrogen and oxygen atoms in total. The summed E-state index contributed by atoms with van der Waals surface area (Å²) in [7, 11) is 0. The van der Waals surface area contributed by atoms with Crippen molar-refractivity contribution in [2.24, 2.45) is 0 Å². The van der Waals surface area contributed by atoms with Crippen LogP contribution in [0.4, 0.5) is 0 Å². The number of epoxide rings is 1. The Labute approximate surface area is 78.3 Å². The number of carbonyl (C=O) groups excluding carboxylic acids is 1. The highest BCUT2D eigenvalue weighted by Gasteiger charge is 2.56. The zero-order valence-electron chi connectivity index (χ0n) is 8.52. The fourth-order valence-corrected chi connectivity index (χ4v) is 1.93. The lowest BCUT2D eigenvalue weighted by molar-refractivity contribution is -0.119. The fourth-order valence-electron chi connectivity index (χ4n) is 1.93. The number of hydrogen-bond acceptors (Lipinski definition) is 2. The number of hydrogen-bond donors (Lipinski definition) is 0. The van der Waals surface area contributed by atoms with E-state index in [0.29, 0.717) is 6.61 Å². The van der Waals surface area contributed by atoms with E-state index in [2.05, 4.69) is 6.92 Å². The Morgan fingerprint density at radius 2 is 1.62 bits per heavy atom. The van der Waals surface area contributed by atoms with Gasteiger partial charge >= 0.3 is 0 Å². The Balaban J connectivity index is 2.60. The van der Waals surface area contributed by atoms with Crippen LogP contribution in [0.15, 0.2) is 22.3 Å². The highest BCUT2D eigenvalue weighted by molar-refractivity contribution is 6.08. The molecule has 0 aromatic heterocycles. The lowest BCUT2D eigenvalue weighted by Crippen LogP contribution is -2.31. The maximum Gasteiger partial charge on any atom is 0.197 e. The van der Waals surface area contributed by atoms with Crippen molar-refractivity contribution in [1.29, 1.82) is 0 Å². The van der Waals surface area contributed by atoms with Gasteiger partial charge in [0.15, 0.2) is 11.4 Å². The van der Waals surface area contributed by atoms with Crippen LogP contribution in [0.5, 0.6) is 0 Å². The van der Waals surface area contributed by atoms with Gasteiger partial charge in [-0.2, -0.15) is 0 Å². The minimum atomic E-state index is -0.548. The van der Waals surface area contributed by atoms with E-state index < -0.39 is 5.60 Å². The van der Waals surface area contributed by atoms with Gasteiger partial charge in [0.2, 0.25) is 0 Å². The first kappa shape index (κ1) is 8.70. The van der Waals surface area contributed by atoms with Crippen LogP contribution in [0.3, 0.4) is 0 Å². The first-order valence-corrected chi connectivity index (χ1v) is 4.55. The van der Waals surface area contributed by atoms with E-state index in [-0.39, 0.29) is 5.78 Å². The van der Waals surface area contributed by atoms with Crippen LogP contribution < -0.4 is 0 Å². The molecule has 2 rings (SSSR count). The average molecular weight is 178 g/mol. The molecule has 0 radical (unpaired) electrons. The highest BCUT2D eigenvalue weighted by atomic mass is 16.6. The first-order chi connectivity index (χ1) is 6.00. The van der Waals surface area contributed by atoms with Crippen molar-refractivity contribution in [3.63, 3.8) is 0 Å². The Morgan fingerprint density at radius 3 is 2.08 bits per heavy atom. The molecule has 0 saturated carbocycles. The maximum absolute atomic E-state index is 11.9. The van der Waals surface area contributed by atoms with Gasteiger partial charge in [0.05, 0.1) is 6.61 Å². The van der Waals surface area contributed by atoms with Crippen molar-refractivity contribution < 1.29 is 9.53 Å². The van der Waals surface area contributed by atoms with Crippen molar-refractivity contribution in [2.75, 3.05) is 6.61 Å². The Hall–Kier alpha value is -0.890. The van der Waals surface area contributed by atoms with Crippen molar-refractivity contribution in [3.05, 3.63) is 22.3 Å². The van der Waals surface area contributed by atoms with Gasteiger partial charge in [-0.25, -0.2) is 0 Å². The van der Waals surface area contributed by atoms with Crippen molar-refractivity contribution in [2.45, 2.75) is 33.3 Å². The summed E-state index contributed by atoms with van der Waals surface area (Å²) in [5, 5.41) is 0. The van der Waals surface area contributed by atoms with E-state index >= 15 is 0 Å². The van der Waals surface area contributed by atoms with Crippen molar-refractivity contribution in [3.8, 4) is 0 Å². The van der Waals surface area contributed by atoms with Gasteiger partial charge in [-0.15, -0.1) is 0 Å². The van der Waals surface area contributed by atoms with Crippen LogP contribution >= 0.6 is 0 Å². The van der Waals surface area contributed by atoms with E-state index in [1.165, 1.54) is 5.57 Å². The third-order valence-corrected chi connectivity index (χ3v) is 3.43. The van der Waals surface area contributed by atoms with Crippen molar-refractivity contribution in [1.82, 2.24) is 0 Å². The summed E-state index contributed by atoms with van der Waals surface area (Å²) in [5.74, 6) is 0.160. The maximum atomic E-state index is 11.9. The summed E-state index contributed by atoms with van der Waals surface area (Å²) in [6.07, 6.45) is 0. The SMILES string of the molecule is CC1=C(C)C(C)=C(C)C2(CO2)C1=O. The number of ketones is 1. The van der Waals surface area contributed by atoms with Gasteiger partial charge in [0.1, 0.15) is 0 Å². The minimum Gasteiger partial charge on any atom is -0.356 e. The van der Waals surface area contributed by atoms with E-state index in [1.54, 1.807) is 0 Å². The molecular formula is C11H14O2. The van der Waals surface area contributed by atoms with Crippen LogP contribution in [0.25, 0.3) is 0 Å². The predicted octanol–water partition coefficient (Wildman–Crippen LogP) is 2.01. The highest BCUT2D eigenvalue weighted by Crippen LogP contribution is 2.44. The largest absolute Gasteiger partial charge is 0.356 e. The van der Waals surface area contributed by atoms with Gasteiger partial charge in [-0.1, -0.05) is 0 Å². The molecule has 0 aromatic rings. The average Bonchev–Trinajstić information content (AvgIpc) is 2.91. The number of carbonyl (C=O) groups is 1.